The van der Waals surface area contributed by atoms with E-state index >= 15 is 0 Å². The monoisotopic (exact) mass is 244 g/mol. The predicted octanol–water partition coefficient (Wildman–Crippen LogP) is 1.05. The zero-order valence-corrected chi connectivity index (χ0v) is 10.4. The average Bonchev–Trinajstić information content (AvgIpc) is 3.08. The van der Waals surface area contributed by atoms with E-state index in [1.165, 1.54) is 0 Å². The molecule has 1 saturated heterocycles. The second-order valence-corrected chi connectivity index (χ2v) is 4.20. The maximum atomic E-state index is 11.3. The van der Waals surface area contributed by atoms with Crippen LogP contribution in [0.25, 0.3) is 0 Å². The van der Waals surface area contributed by atoms with Crippen molar-refractivity contribution >= 4 is 18.5 Å². The number of amides is 1. The molecule has 0 aromatic rings. The van der Waals surface area contributed by atoms with Gasteiger partial charge in [-0.15, -0.1) is 0 Å². The van der Waals surface area contributed by atoms with Crippen molar-refractivity contribution in [3.63, 3.8) is 0 Å². The summed E-state index contributed by atoms with van der Waals surface area (Å²) in [5, 5.41) is 5.84. The van der Waals surface area contributed by atoms with Crippen LogP contribution < -0.4 is 10.6 Å². The zero-order valence-electron chi connectivity index (χ0n) is 9.50. The van der Waals surface area contributed by atoms with Gasteiger partial charge in [-0.25, -0.2) is 0 Å². The molecule has 16 heavy (non-hydrogen) atoms. The quantitative estimate of drug-likeness (QED) is 0.246. The van der Waals surface area contributed by atoms with E-state index in [1.54, 1.807) is 6.26 Å². The largest absolute Gasteiger partial charge is 0.497 e. The van der Waals surface area contributed by atoms with Crippen LogP contribution in [0.3, 0.4) is 0 Å². The van der Waals surface area contributed by atoms with Gasteiger partial charge < -0.3 is 15.4 Å². The second kappa shape index (κ2) is 8.33. The minimum Gasteiger partial charge on any atom is -0.497 e. The first-order chi connectivity index (χ1) is 7.83. The maximum Gasteiger partial charge on any atom is 0.220 e. The average molecular weight is 244 g/mol. The van der Waals surface area contributed by atoms with Crippen LogP contribution in [0, 0.1) is 0 Å². The Labute approximate surface area is 102 Å². The van der Waals surface area contributed by atoms with E-state index in [4.69, 9.17) is 4.74 Å². The number of carbonyl (C=O) groups is 1. The molecule has 4 nitrogen and oxygen atoms in total. The van der Waals surface area contributed by atoms with Gasteiger partial charge in [0.15, 0.2) is 0 Å². The van der Waals surface area contributed by atoms with Crippen LogP contribution in [0.15, 0.2) is 12.0 Å². The molecule has 1 aliphatic rings. The van der Waals surface area contributed by atoms with E-state index in [0.717, 1.165) is 37.3 Å². The van der Waals surface area contributed by atoms with Gasteiger partial charge in [-0.1, -0.05) is 6.42 Å². The number of carbonyl (C=O) groups excluding carboxylic acids is 1. The van der Waals surface area contributed by atoms with E-state index in [-0.39, 0.29) is 5.91 Å². The number of ether oxygens (including phenoxy) is 1. The van der Waals surface area contributed by atoms with Crippen LogP contribution in [0.2, 0.25) is 0 Å². The normalized spacial score (nSPS) is 15.7. The highest BCUT2D eigenvalue weighted by molar-refractivity contribution is 7.80. The van der Waals surface area contributed by atoms with Gasteiger partial charge in [0.05, 0.1) is 18.8 Å². The van der Waals surface area contributed by atoms with Gasteiger partial charge in [-0.05, 0) is 18.6 Å². The summed E-state index contributed by atoms with van der Waals surface area (Å²) in [6, 6.07) is 0. The third kappa shape index (κ3) is 7.45. The molecule has 1 rings (SSSR count). The van der Waals surface area contributed by atoms with Gasteiger partial charge >= 0.3 is 0 Å². The maximum absolute atomic E-state index is 11.3. The highest BCUT2D eigenvalue weighted by Crippen LogP contribution is 2.01. The first-order valence-electron chi connectivity index (χ1n) is 5.75. The van der Waals surface area contributed by atoms with Crippen LogP contribution in [0.4, 0.5) is 0 Å². The van der Waals surface area contributed by atoms with Crippen molar-refractivity contribution in [2.24, 2.45) is 0 Å². The lowest BCUT2D eigenvalue weighted by Gasteiger charge is -2.04. The van der Waals surface area contributed by atoms with Crippen molar-refractivity contribution in [2.45, 2.75) is 25.7 Å². The molecular formula is C11H20N2O2S. The molecule has 92 valence electrons. The molecular weight excluding hydrogens is 224 g/mol. The summed E-state index contributed by atoms with van der Waals surface area (Å²) in [4.78, 5) is 11.3. The summed E-state index contributed by atoms with van der Waals surface area (Å²) < 4.78 is 5.20. The molecule has 0 aliphatic carbocycles. The number of hydrogen-bond acceptors (Lipinski definition) is 4. The molecule has 5 heteroatoms. The lowest BCUT2D eigenvalue weighted by atomic mass is 10.2. The van der Waals surface area contributed by atoms with Crippen LogP contribution >= 0.6 is 12.6 Å². The summed E-state index contributed by atoms with van der Waals surface area (Å²) in [6.07, 6.45) is 5.42. The number of thiol groups is 1. The molecule has 1 aliphatic heterocycles. The first-order valence-corrected chi connectivity index (χ1v) is 6.38. The van der Waals surface area contributed by atoms with Gasteiger partial charge in [0.25, 0.3) is 0 Å². The molecule has 1 fully saturated rings. The highest BCUT2D eigenvalue weighted by atomic mass is 32.1. The predicted molar refractivity (Wildman–Crippen MR) is 67.4 cm³/mol. The smallest absolute Gasteiger partial charge is 0.220 e. The van der Waals surface area contributed by atoms with Gasteiger partial charge in [0.1, 0.15) is 12.9 Å². The van der Waals surface area contributed by atoms with Gasteiger partial charge in [0.2, 0.25) is 5.91 Å². The zero-order chi connectivity index (χ0) is 11.6. The SMILES string of the molecule is O=C(CCCCCS)NCCO/C=C1\CN1. The van der Waals surface area contributed by atoms with E-state index < -0.39 is 0 Å². The summed E-state index contributed by atoms with van der Waals surface area (Å²) in [6.45, 7) is 2.04. The minimum atomic E-state index is 0.111. The van der Waals surface area contributed by atoms with Crippen LogP contribution in [0.1, 0.15) is 25.7 Å². The Morgan fingerprint density at radius 3 is 3.00 bits per heavy atom. The Balaban J connectivity index is 1.83. The standard InChI is InChI=1S/C11H20N2O2S/c14-11(4-2-1-3-7-16)12-5-6-15-9-10-8-13-10/h9,13,16H,1-8H2,(H,12,14)/b10-9+. The van der Waals surface area contributed by atoms with Crippen molar-refractivity contribution in [1.82, 2.24) is 10.6 Å². The molecule has 2 N–H and O–H groups in total. The molecule has 0 aromatic carbocycles. The molecule has 0 aromatic heterocycles. The third-order valence-electron chi connectivity index (χ3n) is 2.21. The first kappa shape index (κ1) is 13.2. The van der Waals surface area contributed by atoms with E-state index in [1.807, 2.05) is 0 Å². The Morgan fingerprint density at radius 1 is 1.50 bits per heavy atom. The van der Waals surface area contributed by atoms with Crippen molar-refractivity contribution in [3.05, 3.63) is 12.0 Å². The fraction of sp³-hybridized carbons (Fsp3) is 0.727. The lowest BCUT2D eigenvalue weighted by Crippen LogP contribution is -2.26. The number of rotatable bonds is 9. The Bertz CT molecular complexity index is 238. The van der Waals surface area contributed by atoms with Crippen molar-refractivity contribution in [2.75, 3.05) is 25.4 Å². The summed E-state index contributed by atoms with van der Waals surface area (Å²) in [7, 11) is 0. The summed E-state index contributed by atoms with van der Waals surface area (Å²) in [5.41, 5.74) is 1.12. The van der Waals surface area contributed by atoms with Crippen LogP contribution in [0.5, 0.6) is 0 Å². The number of hydrogen-bond donors (Lipinski definition) is 3. The fourth-order valence-corrected chi connectivity index (χ4v) is 1.43. The topological polar surface area (TPSA) is 60.3 Å². The molecule has 0 unspecified atom stereocenters. The Kier molecular flexibility index (Phi) is 6.88. The van der Waals surface area contributed by atoms with Crippen molar-refractivity contribution < 1.29 is 9.53 Å². The minimum absolute atomic E-state index is 0.111. The van der Waals surface area contributed by atoms with Crippen LogP contribution in [-0.4, -0.2) is 31.4 Å². The van der Waals surface area contributed by atoms with E-state index in [9.17, 15) is 4.79 Å². The van der Waals surface area contributed by atoms with Crippen molar-refractivity contribution in [3.8, 4) is 0 Å². The van der Waals surface area contributed by atoms with E-state index in [2.05, 4.69) is 23.3 Å². The number of unbranched alkanes of at least 4 members (excludes halogenated alkanes) is 2. The van der Waals surface area contributed by atoms with Gasteiger partial charge in [-0.2, -0.15) is 12.6 Å². The summed E-state index contributed by atoms with van der Waals surface area (Å²) >= 11 is 4.12. The molecule has 1 heterocycles. The molecule has 0 atom stereocenters. The third-order valence-corrected chi connectivity index (χ3v) is 2.53. The summed E-state index contributed by atoms with van der Waals surface area (Å²) in [5.74, 6) is 1.01. The fourth-order valence-electron chi connectivity index (χ4n) is 1.21. The van der Waals surface area contributed by atoms with E-state index in [0.29, 0.717) is 19.6 Å². The second-order valence-electron chi connectivity index (χ2n) is 3.75. The van der Waals surface area contributed by atoms with Crippen molar-refractivity contribution in [1.29, 1.82) is 0 Å². The van der Waals surface area contributed by atoms with Gasteiger partial charge in [0, 0.05) is 6.42 Å². The van der Waals surface area contributed by atoms with Crippen LogP contribution in [-0.2, 0) is 9.53 Å². The molecule has 1 amide bonds. The Morgan fingerprint density at radius 2 is 2.31 bits per heavy atom. The molecule has 0 spiro atoms. The molecule has 0 bridgehead atoms. The highest BCUT2D eigenvalue weighted by Gasteiger charge is 2.08. The molecule has 0 saturated carbocycles. The van der Waals surface area contributed by atoms with Gasteiger partial charge in [-0.3, -0.25) is 4.79 Å². The Hall–Kier alpha value is -0.840. The molecule has 0 radical (unpaired) electrons. The number of nitrogens with one attached hydrogen (secondary N) is 2. The lowest BCUT2D eigenvalue weighted by molar-refractivity contribution is -0.121.